The van der Waals surface area contributed by atoms with Crippen LogP contribution in [0.5, 0.6) is 0 Å². The van der Waals surface area contributed by atoms with Crippen molar-refractivity contribution in [1.82, 2.24) is 5.32 Å². The molecule has 1 atom stereocenters. The van der Waals surface area contributed by atoms with Crippen LogP contribution in [0.3, 0.4) is 0 Å². The Labute approximate surface area is 127 Å². The fraction of sp³-hybridized carbons (Fsp3) is 0.286. The smallest absolute Gasteiger partial charge is 0.326 e. The lowest BCUT2D eigenvalue weighted by molar-refractivity contribution is -0.141. The van der Waals surface area contributed by atoms with Gasteiger partial charge in [0.15, 0.2) is 0 Å². The first kappa shape index (κ1) is 16.5. The Hall–Kier alpha value is -1.52. The van der Waals surface area contributed by atoms with Gasteiger partial charge in [0, 0.05) is 21.7 Å². The summed E-state index contributed by atoms with van der Waals surface area (Å²) in [5, 5.41) is 12.2. The second kappa shape index (κ2) is 7.92. The molecule has 2 N–H and O–H groups in total. The molecular formula is C14H15Cl2NO3. The fourth-order valence-electron chi connectivity index (χ4n) is 1.59. The number of hydrogen-bond acceptors (Lipinski definition) is 2. The van der Waals surface area contributed by atoms with E-state index in [0.29, 0.717) is 28.5 Å². The molecule has 1 amide bonds. The van der Waals surface area contributed by atoms with Crippen molar-refractivity contribution in [3.63, 3.8) is 0 Å². The van der Waals surface area contributed by atoms with Crippen molar-refractivity contribution in [3.8, 4) is 0 Å². The molecule has 6 heteroatoms. The molecule has 0 unspecified atom stereocenters. The van der Waals surface area contributed by atoms with Crippen molar-refractivity contribution >= 4 is 41.2 Å². The summed E-state index contributed by atoms with van der Waals surface area (Å²) in [6, 6.07) is 4.12. The van der Waals surface area contributed by atoms with Crippen LogP contribution in [0.15, 0.2) is 24.3 Å². The van der Waals surface area contributed by atoms with Crippen molar-refractivity contribution < 1.29 is 14.7 Å². The quantitative estimate of drug-likeness (QED) is 0.791. The number of benzene rings is 1. The Morgan fingerprint density at radius 2 is 1.95 bits per heavy atom. The van der Waals surface area contributed by atoms with Gasteiger partial charge in [0.1, 0.15) is 6.04 Å². The summed E-state index contributed by atoms with van der Waals surface area (Å²) in [6.07, 6.45) is 3.72. The molecule has 0 saturated heterocycles. The highest BCUT2D eigenvalue weighted by Gasteiger charge is 2.17. The van der Waals surface area contributed by atoms with Gasteiger partial charge < -0.3 is 10.4 Å². The first-order chi connectivity index (χ1) is 9.45. The van der Waals surface area contributed by atoms with Crippen LogP contribution >= 0.6 is 23.2 Å². The number of carbonyl (C=O) groups excluding carboxylic acids is 1. The van der Waals surface area contributed by atoms with Crippen molar-refractivity contribution in [1.29, 1.82) is 0 Å². The Morgan fingerprint density at radius 3 is 2.45 bits per heavy atom. The van der Waals surface area contributed by atoms with Crippen LogP contribution in [0.1, 0.15) is 25.3 Å². The van der Waals surface area contributed by atoms with Crippen LogP contribution in [0.4, 0.5) is 0 Å². The van der Waals surface area contributed by atoms with E-state index in [0.717, 1.165) is 0 Å². The van der Waals surface area contributed by atoms with E-state index in [1.165, 1.54) is 12.2 Å². The van der Waals surface area contributed by atoms with E-state index in [4.69, 9.17) is 28.3 Å². The molecule has 0 aliphatic carbocycles. The summed E-state index contributed by atoms with van der Waals surface area (Å²) < 4.78 is 0. The Balaban J connectivity index is 2.75. The summed E-state index contributed by atoms with van der Waals surface area (Å²) in [5.74, 6) is -1.55. The van der Waals surface area contributed by atoms with Crippen molar-refractivity contribution in [2.75, 3.05) is 0 Å². The van der Waals surface area contributed by atoms with Crippen LogP contribution < -0.4 is 5.32 Å². The van der Waals surface area contributed by atoms with Gasteiger partial charge in [-0.3, -0.25) is 4.79 Å². The number of carboxylic acids is 1. The molecule has 0 spiro atoms. The molecule has 4 nitrogen and oxygen atoms in total. The molecule has 1 aromatic carbocycles. The van der Waals surface area contributed by atoms with Crippen LogP contribution in [0.2, 0.25) is 10.0 Å². The predicted octanol–water partition coefficient (Wildman–Crippen LogP) is 3.38. The lowest BCUT2D eigenvalue weighted by atomic mass is 10.1. The highest BCUT2D eigenvalue weighted by Crippen LogP contribution is 2.25. The number of carbonyl (C=O) groups is 2. The van der Waals surface area contributed by atoms with E-state index in [1.54, 1.807) is 18.2 Å². The van der Waals surface area contributed by atoms with Gasteiger partial charge in [0.05, 0.1) is 0 Å². The zero-order valence-corrected chi connectivity index (χ0v) is 12.4. The lowest BCUT2D eigenvalue weighted by Gasteiger charge is -2.11. The molecule has 0 radical (unpaired) electrons. The van der Waals surface area contributed by atoms with Crippen LogP contribution in [0.25, 0.3) is 6.08 Å². The van der Waals surface area contributed by atoms with Gasteiger partial charge in [-0.1, -0.05) is 42.6 Å². The fourth-order valence-corrected chi connectivity index (χ4v) is 2.12. The SMILES string of the molecule is CCC[C@H](NC(=O)/C=C/c1c(Cl)cccc1Cl)C(=O)O. The van der Waals surface area contributed by atoms with Crippen molar-refractivity contribution in [2.45, 2.75) is 25.8 Å². The van der Waals surface area contributed by atoms with Crippen LogP contribution in [-0.2, 0) is 9.59 Å². The molecule has 1 rings (SSSR count). The number of amides is 1. The third kappa shape index (κ3) is 4.87. The molecule has 0 aromatic heterocycles. The van der Waals surface area contributed by atoms with Crippen LogP contribution in [-0.4, -0.2) is 23.0 Å². The van der Waals surface area contributed by atoms with Gasteiger partial charge in [-0.05, 0) is 24.6 Å². The van der Waals surface area contributed by atoms with E-state index in [-0.39, 0.29) is 0 Å². The van der Waals surface area contributed by atoms with Gasteiger partial charge in [-0.15, -0.1) is 0 Å². The summed E-state index contributed by atoms with van der Waals surface area (Å²) in [6.45, 7) is 1.85. The molecule has 108 valence electrons. The van der Waals surface area contributed by atoms with E-state index in [2.05, 4.69) is 5.32 Å². The third-order valence-electron chi connectivity index (χ3n) is 2.59. The monoisotopic (exact) mass is 315 g/mol. The van der Waals surface area contributed by atoms with E-state index < -0.39 is 17.9 Å². The summed E-state index contributed by atoms with van der Waals surface area (Å²) >= 11 is 11.9. The highest BCUT2D eigenvalue weighted by atomic mass is 35.5. The summed E-state index contributed by atoms with van der Waals surface area (Å²) in [7, 11) is 0. The number of carboxylic acid groups (broad SMARTS) is 1. The number of rotatable bonds is 6. The molecule has 20 heavy (non-hydrogen) atoms. The topological polar surface area (TPSA) is 66.4 Å². The van der Waals surface area contributed by atoms with E-state index >= 15 is 0 Å². The average Bonchev–Trinajstić information content (AvgIpc) is 2.37. The second-order valence-corrected chi connectivity index (χ2v) is 4.97. The molecule has 1 aromatic rings. The maximum atomic E-state index is 11.7. The zero-order chi connectivity index (χ0) is 15.1. The molecule has 0 fully saturated rings. The Morgan fingerprint density at radius 1 is 1.35 bits per heavy atom. The molecule has 0 heterocycles. The number of halogens is 2. The first-order valence-corrected chi connectivity index (χ1v) is 6.86. The van der Waals surface area contributed by atoms with Crippen molar-refractivity contribution in [2.24, 2.45) is 0 Å². The minimum Gasteiger partial charge on any atom is -0.480 e. The first-order valence-electron chi connectivity index (χ1n) is 6.11. The zero-order valence-electron chi connectivity index (χ0n) is 10.9. The van der Waals surface area contributed by atoms with E-state index in [1.807, 2.05) is 6.92 Å². The molecule has 0 saturated carbocycles. The summed E-state index contributed by atoms with van der Waals surface area (Å²) in [4.78, 5) is 22.6. The number of aliphatic carboxylic acids is 1. The van der Waals surface area contributed by atoms with Crippen LogP contribution in [0, 0.1) is 0 Å². The van der Waals surface area contributed by atoms with Gasteiger partial charge in [-0.25, -0.2) is 4.79 Å². The highest BCUT2D eigenvalue weighted by molar-refractivity contribution is 6.37. The summed E-state index contributed by atoms with van der Waals surface area (Å²) in [5.41, 5.74) is 0.522. The largest absolute Gasteiger partial charge is 0.480 e. The molecule has 0 aliphatic rings. The number of hydrogen-bond donors (Lipinski definition) is 2. The second-order valence-electron chi connectivity index (χ2n) is 4.16. The lowest BCUT2D eigenvalue weighted by Crippen LogP contribution is -2.39. The standard InChI is InChI=1S/C14H15Cl2NO3/c1-2-4-12(14(19)20)17-13(18)8-7-9-10(15)5-3-6-11(9)16/h3,5-8,12H,2,4H2,1H3,(H,17,18)(H,19,20)/b8-7+/t12-/m0/s1. The van der Waals surface area contributed by atoms with Gasteiger partial charge >= 0.3 is 5.97 Å². The van der Waals surface area contributed by atoms with Gasteiger partial charge in [0.25, 0.3) is 0 Å². The minimum atomic E-state index is -1.05. The predicted molar refractivity (Wildman–Crippen MR) is 80.0 cm³/mol. The molecule has 0 bridgehead atoms. The molecular weight excluding hydrogens is 301 g/mol. The number of nitrogens with one attached hydrogen (secondary N) is 1. The molecule has 0 aliphatic heterocycles. The maximum Gasteiger partial charge on any atom is 0.326 e. The Kier molecular flexibility index (Phi) is 6.55. The van der Waals surface area contributed by atoms with Gasteiger partial charge in [0.2, 0.25) is 5.91 Å². The Bertz CT molecular complexity index is 509. The minimum absolute atomic E-state index is 0.377. The normalized spacial score (nSPS) is 12.3. The van der Waals surface area contributed by atoms with E-state index in [9.17, 15) is 9.59 Å². The maximum absolute atomic E-state index is 11.7. The van der Waals surface area contributed by atoms with Gasteiger partial charge in [-0.2, -0.15) is 0 Å². The van der Waals surface area contributed by atoms with Crippen molar-refractivity contribution in [3.05, 3.63) is 39.9 Å². The third-order valence-corrected chi connectivity index (χ3v) is 3.25. The average molecular weight is 316 g/mol.